The molecule has 1 aliphatic heterocycles. The fourth-order valence-electron chi connectivity index (χ4n) is 2.93. The first-order valence-corrected chi connectivity index (χ1v) is 9.08. The Morgan fingerprint density at radius 1 is 0.966 bits per heavy atom. The molecular formula is C19H24F6N2O2. The molecule has 1 saturated heterocycles. The molecule has 0 saturated carbocycles. The Morgan fingerprint density at radius 2 is 1.45 bits per heavy atom. The van der Waals surface area contributed by atoms with Crippen molar-refractivity contribution in [1.29, 1.82) is 0 Å². The smallest absolute Gasteiger partial charge is 0.434 e. The summed E-state index contributed by atoms with van der Waals surface area (Å²) >= 11 is 0. The van der Waals surface area contributed by atoms with Crippen LogP contribution in [0.5, 0.6) is 0 Å². The van der Waals surface area contributed by atoms with Crippen molar-refractivity contribution >= 4 is 5.97 Å². The van der Waals surface area contributed by atoms with Gasteiger partial charge < -0.3 is 10.1 Å². The summed E-state index contributed by atoms with van der Waals surface area (Å²) in [5, 5.41) is 3.15. The highest BCUT2D eigenvalue weighted by Crippen LogP contribution is 2.53. The van der Waals surface area contributed by atoms with Gasteiger partial charge in [-0.05, 0) is 26.3 Å². The molecule has 1 aliphatic rings. The number of carbonyl (C=O) groups is 1. The van der Waals surface area contributed by atoms with Gasteiger partial charge in [-0.3, -0.25) is 9.69 Å². The van der Waals surface area contributed by atoms with Crippen LogP contribution in [0.4, 0.5) is 26.3 Å². The number of carbonyl (C=O) groups excluding carboxylic acids is 1. The van der Waals surface area contributed by atoms with Gasteiger partial charge in [-0.1, -0.05) is 24.3 Å². The van der Waals surface area contributed by atoms with Crippen LogP contribution in [0.1, 0.15) is 31.9 Å². The van der Waals surface area contributed by atoms with Crippen molar-refractivity contribution < 1.29 is 35.9 Å². The number of hydrogen-bond donors (Lipinski definition) is 1. The number of piperazine rings is 1. The molecule has 1 aromatic carbocycles. The van der Waals surface area contributed by atoms with Crippen molar-refractivity contribution in [3.8, 4) is 0 Å². The molecule has 0 bridgehead atoms. The molecule has 0 unspecified atom stereocenters. The maximum absolute atomic E-state index is 13.8. The summed E-state index contributed by atoms with van der Waals surface area (Å²) in [5.74, 6) is -1.60. The van der Waals surface area contributed by atoms with Crippen molar-refractivity contribution in [2.24, 2.45) is 5.41 Å². The van der Waals surface area contributed by atoms with Gasteiger partial charge in [0.25, 0.3) is 0 Å². The average molecular weight is 426 g/mol. The molecule has 0 radical (unpaired) electrons. The number of alkyl halides is 6. The number of nitrogens with one attached hydrogen (secondary N) is 1. The first-order valence-electron chi connectivity index (χ1n) is 9.08. The van der Waals surface area contributed by atoms with Crippen molar-refractivity contribution in [1.82, 2.24) is 10.2 Å². The van der Waals surface area contributed by atoms with Gasteiger partial charge in [0.1, 0.15) is 0 Å². The zero-order valence-electron chi connectivity index (χ0n) is 16.4. The molecule has 29 heavy (non-hydrogen) atoms. The molecule has 1 heterocycles. The number of hydrogen-bond acceptors (Lipinski definition) is 4. The zero-order valence-corrected chi connectivity index (χ0v) is 16.4. The largest absolute Gasteiger partial charge is 0.442 e. The van der Waals surface area contributed by atoms with E-state index in [9.17, 15) is 31.1 Å². The van der Waals surface area contributed by atoms with E-state index in [2.05, 4.69) is 10.1 Å². The minimum absolute atomic E-state index is 0.398. The van der Waals surface area contributed by atoms with Crippen LogP contribution in [0.25, 0.3) is 0 Å². The maximum atomic E-state index is 13.8. The van der Waals surface area contributed by atoms with Crippen LogP contribution in [0, 0.1) is 5.41 Å². The first-order chi connectivity index (χ1) is 13.2. The van der Waals surface area contributed by atoms with Crippen molar-refractivity contribution in [3.05, 3.63) is 35.4 Å². The molecule has 1 aromatic rings. The van der Waals surface area contributed by atoms with E-state index < -0.39 is 34.9 Å². The number of nitrogens with zero attached hydrogens (tertiary/aromatic N) is 1. The molecule has 164 valence electrons. The van der Waals surface area contributed by atoms with Gasteiger partial charge >= 0.3 is 23.9 Å². The highest BCUT2D eigenvalue weighted by atomic mass is 19.4. The Kier molecular flexibility index (Phi) is 6.59. The average Bonchev–Trinajstić information content (AvgIpc) is 2.58. The fourth-order valence-corrected chi connectivity index (χ4v) is 2.93. The van der Waals surface area contributed by atoms with E-state index in [1.165, 1.54) is 32.9 Å². The molecule has 0 spiro atoms. The molecule has 10 heteroatoms. The van der Waals surface area contributed by atoms with Gasteiger partial charge in [0.05, 0.1) is 5.41 Å². The molecular weight excluding hydrogens is 402 g/mol. The molecule has 0 atom stereocenters. The molecule has 4 nitrogen and oxygen atoms in total. The molecule has 0 amide bonds. The quantitative estimate of drug-likeness (QED) is 0.584. The first kappa shape index (κ1) is 23.5. The summed E-state index contributed by atoms with van der Waals surface area (Å²) in [6.45, 7) is 6.91. The second-order valence-electron chi connectivity index (χ2n) is 8.04. The van der Waals surface area contributed by atoms with Crippen LogP contribution in [0.2, 0.25) is 0 Å². The summed E-state index contributed by atoms with van der Waals surface area (Å²) < 4.78 is 86.8. The normalized spacial score (nSPS) is 17.3. The van der Waals surface area contributed by atoms with Gasteiger partial charge in [-0.25, -0.2) is 0 Å². The molecule has 1 N–H and O–H groups in total. The van der Waals surface area contributed by atoms with Gasteiger partial charge in [-0.2, -0.15) is 26.3 Å². The number of rotatable bonds is 4. The standard InChI is InChI=1S/C19H24F6N2O2/c1-16(2,3)15(28)29-17(18(20,21)22,19(23,24)25)14-6-4-13(5-7-14)12-27-10-8-26-9-11-27/h4-7,26H,8-12H2,1-3H3. The highest BCUT2D eigenvalue weighted by Gasteiger charge is 2.75. The predicted octanol–water partition coefficient (Wildman–Crippen LogP) is 4.00. The minimum atomic E-state index is -5.90. The third kappa shape index (κ3) is 5.03. The van der Waals surface area contributed by atoms with Crippen LogP contribution in [0.15, 0.2) is 24.3 Å². The summed E-state index contributed by atoms with van der Waals surface area (Å²) in [5.41, 5.74) is -6.91. The summed E-state index contributed by atoms with van der Waals surface area (Å²) in [4.78, 5) is 14.1. The van der Waals surface area contributed by atoms with E-state index in [-0.39, 0.29) is 0 Å². The van der Waals surface area contributed by atoms with Crippen LogP contribution in [0.3, 0.4) is 0 Å². The molecule has 0 aliphatic carbocycles. The van der Waals surface area contributed by atoms with Crippen molar-refractivity contribution in [2.75, 3.05) is 26.2 Å². The number of ether oxygens (including phenoxy) is 1. The lowest BCUT2D eigenvalue weighted by Crippen LogP contribution is -2.57. The van der Waals surface area contributed by atoms with Gasteiger partial charge in [0.15, 0.2) is 0 Å². The Hall–Kier alpha value is -1.81. The topological polar surface area (TPSA) is 41.6 Å². The van der Waals surface area contributed by atoms with Gasteiger partial charge in [-0.15, -0.1) is 0 Å². The second-order valence-corrected chi connectivity index (χ2v) is 8.04. The lowest BCUT2D eigenvalue weighted by atomic mass is 9.89. The van der Waals surface area contributed by atoms with E-state index in [0.717, 1.165) is 38.3 Å². The van der Waals surface area contributed by atoms with Crippen molar-refractivity contribution in [2.45, 2.75) is 45.3 Å². The second kappa shape index (κ2) is 8.14. The highest BCUT2D eigenvalue weighted by molar-refractivity contribution is 5.76. The summed E-state index contributed by atoms with van der Waals surface area (Å²) in [6.07, 6.45) is -11.8. The predicted molar refractivity (Wildman–Crippen MR) is 93.9 cm³/mol. The van der Waals surface area contributed by atoms with Crippen LogP contribution in [-0.4, -0.2) is 49.4 Å². The minimum Gasteiger partial charge on any atom is -0.434 e. The van der Waals surface area contributed by atoms with E-state index in [4.69, 9.17) is 0 Å². The van der Waals surface area contributed by atoms with Gasteiger partial charge in [0, 0.05) is 38.3 Å². The Balaban J connectivity index is 2.43. The van der Waals surface area contributed by atoms with Crippen LogP contribution in [-0.2, 0) is 21.7 Å². The van der Waals surface area contributed by atoms with Crippen LogP contribution < -0.4 is 5.32 Å². The van der Waals surface area contributed by atoms with Crippen molar-refractivity contribution in [3.63, 3.8) is 0 Å². The maximum Gasteiger partial charge on any atom is 0.442 e. The summed E-state index contributed by atoms with van der Waals surface area (Å²) in [6, 6.07) is 3.87. The monoisotopic (exact) mass is 426 g/mol. The lowest BCUT2D eigenvalue weighted by Gasteiger charge is -2.38. The number of esters is 1. The van der Waals surface area contributed by atoms with E-state index in [1.54, 1.807) is 0 Å². The van der Waals surface area contributed by atoms with Crippen LogP contribution >= 0.6 is 0 Å². The number of benzene rings is 1. The zero-order chi connectivity index (χ0) is 22.1. The Bertz CT molecular complexity index is 687. The third-order valence-corrected chi connectivity index (χ3v) is 4.63. The van der Waals surface area contributed by atoms with E-state index in [1.807, 2.05) is 4.90 Å². The Labute approximate surface area is 165 Å². The summed E-state index contributed by atoms with van der Waals surface area (Å²) in [7, 11) is 0. The fraction of sp³-hybridized carbons (Fsp3) is 0.632. The number of halogens is 6. The lowest BCUT2D eigenvalue weighted by molar-refractivity contribution is -0.379. The van der Waals surface area contributed by atoms with Gasteiger partial charge in [0.2, 0.25) is 0 Å². The molecule has 2 rings (SSSR count). The Morgan fingerprint density at radius 3 is 1.86 bits per heavy atom. The third-order valence-electron chi connectivity index (χ3n) is 4.63. The van der Waals surface area contributed by atoms with E-state index in [0.29, 0.717) is 12.1 Å². The molecule has 0 aromatic heterocycles. The molecule has 1 fully saturated rings. The SMILES string of the molecule is CC(C)(C)C(=O)OC(c1ccc(CN2CCNCC2)cc1)(C(F)(F)F)C(F)(F)F. The van der Waals surface area contributed by atoms with E-state index >= 15 is 0 Å².